The van der Waals surface area contributed by atoms with Crippen LogP contribution in [0.1, 0.15) is 0 Å². The summed E-state index contributed by atoms with van der Waals surface area (Å²) in [6.45, 7) is 14.8. The summed E-state index contributed by atoms with van der Waals surface area (Å²) < 4.78 is 75.2. The Labute approximate surface area is 264 Å². The molecule has 2 N–H and O–H groups in total. The molecule has 0 aromatic carbocycles. The summed E-state index contributed by atoms with van der Waals surface area (Å²) in [7, 11) is 1.64. The van der Waals surface area contributed by atoms with E-state index in [0.29, 0.717) is 185 Å². The molecule has 15 nitrogen and oxygen atoms in total. The highest BCUT2D eigenvalue weighted by Crippen LogP contribution is 1.87. The zero-order chi connectivity index (χ0) is 31.7. The predicted octanol–water partition coefficient (Wildman–Crippen LogP) is -0.193. The van der Waals surface area contributed by atoms with Crippen molar-refractivity contribution in [1.82, 2.24) is 0 Å². The zero-order valence-corrected chi connectivity index (χ0v) is 27.1. The lowest BCUT2D eigenvalue weighted by Crippen LogP contribution is -2.16. The van der Waals surface area contributed by atoms with Gasteiger partial charge in [0.1, 0.15) is 0 Å². The molecular weight excluding hydrogens is 586 g/mol. The molecule has 0 amide bonds. The lowest BCUT2D eigenvalue weighted by molar-refractivity contribution is -0.0293. The molecule has 0 aromatic heterocycles. The van der Waals surface area contributed by atoms with Crippen LogP contribution in [0.3, 0.4) is 0 Å². The molecule has 0 saturated heterocycles. The molecule has 266 valence electrons. The van der Waals surface area contributed by atoms with Crippen molar-refractivity contribution in [1.29, 1.82) is 0 Å². The summed E-state index contributed by atoms with van der Waals surface area (Å²) >= 11 is 0. The van der Waals surface area contributed by atoms with E-state index in [1.165, 1.54) is 0 Å². The van der Waals surface area contributed by atoms with Crippen molar-refractivity contribution in [2.45, 2.75) is 0 Å². The van der Waals surface area contributed by atoms with Gasteiger partial charge in [-0.2, -0.15) is 0 Å². The second-order valence-corrected chi connectivity index (χ2v) is 8.74. The van der Waals surface area contributed by atoms with E-state index < -0.39 is 0 Å². The summed E-state index contributed by atoms with van der Waals surface area (Å²) in [5, 5.41) is 0. The van der Waals surface area contributed by atoms with E-state index in [2.05, 4.69) is 0 Å². The topological polar surface area (TPSA) is 155 Å². The number of nitrogens with two attached hydrogens (primary N) is 1. The van der Waals surface area contributed by atoms with Crippen LogP contribution in [0.4, 0.5) is 0 Å². The molecule has 0 radical (unpaired) electrons. The lowest BCUT2D eigenvalue weighted by Gasteiger charge is -2.09. The molecule has 0 atom stereocenters. The van der Waals surface area contributed by atoms with Gasteiger partial charge in [0.25, 0.3) is 0 Å². The van der Waals surface area contributed by atoms with Crippen LogP contribution in [-0.2, 0) is 66.3 Å². The van der Waals surface area contributed by atoms with Crippen LogP contribution in [0.15, 0.2) is 0 Å². The van der Waals surface area contributed by atoms with Crippen molar-refractivity contribution < 1.29 is 66.3 Å². The maximum Gasteiger partial charge on any atom is 0.0701 e. The van der Waals surface area contributed by atoms with E-state index in [9.17, 15) is 0 Å². The molecule has 15 heteroatoms. The second-order valence-electron chi connectivity index (χ2n) is 8.74. The van der Waals surface area contributed by atoms with Gasteiger partial charge in [0.05, 0.1) is 178 Å². The molecule has 0 bridgehead atoms. The van der Waals surface area contributed by atoms with Crippen LogP contribution < -0.4 is 5.73 Å². The van der Waals surface area contributed by atoms with Gasteiger partial charge in [-0.1, -0.05) is 0 Å². The first-order valence-corrected chi connectivity index (χ1v) is 15.6. The molecule has 0 aromatic rings. The van der Waals surface area contributed by atoms with Gasteiger partial charge in [0.2, 0.25) is 0 Å². The summed E-state index contributed by atoms with van der Waals surface area (Å²) in [5.74, 6) is 0. The predicted molar refractivity (Wildman–Crippen MR) is 162 cm³/mol. The fourth-order valence-corrected chi connectivity index (χ4v) is 2.97. The van der Waals surface area contributed by atoms with Gasteiger partial charge in [0.15, 0.2) is 0 Å². The first kappa shape index (κ1) is 43.4. The van der Waals surface area contributed by atoms with Crippen LogP contribution in [0.25, 0.3) is 0 Å². The molecule has 0 rings (SSSR count). The van der Waals surface area contributed by atoms with Gasteiger partial charge in [0, 0.05) is 13.7 Å². The minimum atomic E-state index is 0.508. The molecule has 0 unspecified atom stereocenters. The minimum Gasteiger partial charge on any atom is -0.382 e. The number of rotatable bonds is 41. The average Bonchev–Trinajstić information content (AvgIpc) is 3.04. The van der Waals surface area contributed by atoms with Crippen molar-refractivity contribution >= 4 is 0 Å². The molecule has 0 fully saturated rings. The van der Waals surface area contributed by atoms with Crippen molar-refractivity contribution in [3.05, 3.63) is 0 Å². The molecule has 0 aliphatic heterocycles. The Morgan fingerprint density at radius 2 is 0.364 bits per heavy atom. The first-order valence-electron chi connectivity index (χ1n) is 15.6. The maximum atomic E-state index is 5.47. The van der Waals surface area contributed by atoms with Crippen molar-refractivity contribution in [3.8, 4) is 0 Å². The van der Waals surface area contributed by atoms with Crippen LogP contribution in [0, 0.1) is 0 Å². The maximum absolute atomic E-state index is 5.47. The van der Waals surface area contributed by atoms with Gasteiger partial charge in [-0.05, 0) is 0 Å². The summed E-state index contributed by atoms with van der Waals surface area (Å²) in [6.07, 6.45) is 0. The van der Waals surface area contributed by atoms with E-state index in [4.69, 9.17) is 72.0 Å². The highest BCUT2D eigenvalue weighted by Gasteiger charge is 1.97. The van der Waals surface area contributed by atoms with Crippen LogP contribution in [0.2, 0.25) is 0 Å². The number of hydrogen-bond acceptors (Lipinski definition) is 15. The first-order chi connectivity index (χ1) is 21.9. The van der Waals surface area contributed by atoms with E-state index >= 15 is 0 Å². The second kappa shape index (κ2) is 42.4. The molecular formula is C29H61NO14. The highest BCUT2D eigenvalue weighted by atomic mass is 16.6. The average molecular weight is 648 g/mol. The molecule has 44 heavy (non-hydrogen) atoms. The third-order valence-corrected chi connectivity index (χ3v) is 5.16. The van der Waals surface area contributed by atoms with Gasteiger partial charge in [-0.3, -0.25) is 0 Å². The van der Waals surface area contributed by atoms with Gasteiger partial charge < -0.3 is 72.0 Å². The third-order valence-electron chi connectivity index (χ3n) is 5.16. The van der Waals surface area contributed by atoms with Crippen molar-refractivity contribution in [3.63, 3.8) is 0 Å². The highest BCUT2D eigenvalue weighted by molar-refractivity contribution is 4.39. The van der Waals surface area contributed by atoms with Gasteiger partial charge in [-0.15, -0.1) is 0 Å². The Kier molecular flexibility index (Phi) is 41.8. The van der Waals surface area contributed by atoms with E-state index in [0.717, 1.165) is 0 Å². The quantitative estimate of drug-likeness (QED) is 0.0871. The monoisotopic (exact) mass is 647 g/mol. The van der Waals surface area contributed by atoms with Crippen molar-refractivity contribution in [2.24, 2.45) is 5.73 Å². The Morgan fingerprint density at radius 3 is 0.500 bits per heavy atom. The molecule has 0 heterocycles. The van der Waals surface area contributed by atoms with Gasteiger partial charge in [-0.25, -0.2) is 0 Å². The fraction of sp³-hybridized carbons (Fsp3) is 1.00. The van der Waals surface area contributed by atoms with Crippen molar-refractivity contribution in [2.75, 3.05) is 192 Å². The van der Waals surface area contributed by atoms with Crippen LogP contribution >= 0.6 is 0 Å². The molecule has 0 aliphatic carbocycles. The zero-order valence-electron chi connectivity index (χ0n) is 27.1. The normalized spacial score (nSPS) is 11.6. The van der Waals surface area contributed by atoms with Crippen LogP contribution in [-0.4, -0.2) is 192 Å². The van der Waals surface area contributed by atoms with E-state index in [1.54, 1.807) is 7.11 Å². The van der Waals surface area contributed by atoms with Crippen LogP contribution in [0.5, 0.6) is 0 Å². The Morgan fingerprint density at radius 1 is 0.227 bits per heavy atom. The molecule has 0 spiro atoms. The van der Waals surface area contributed by atoms with Gasteiger partial charge >= 0.3 is 0 Å². The fourth-order valence-electron chi connectivity index (χ4n) is 2.97. The number of methoxy groups -OCH3 is 1. The van der Waals surface area contributed by atoms with E-state index in [1.807, 2.05) is 0 Å². The standard InChI is InChI=1S/C29H61NO14/c1-31-4-5-33-8-9-35-12-13-37-16-17-39-20-21-41-24-25-43-28-29-44-27-26-42-23-22-40-19-18-38-15-14-36-11-10-34-7-6-32-3-2-30/h2-30H2,1H3. The molecule has 0 aliphatic rings. The summed E-state index contributed by atoms with van der Waals surface area (Å²) in [6, 6.07) is 0. The Bertz CT molecular complexity index is 457. The minimum absolute atomic E-state index is 0.508. The Hall–Kier alpha value is -0.600. The SMILES string of the molecule is COCCOCCOCCOCCOCCOCCOCCOCCOCCOCCOCCOCCOCCOCCN. The summed E-state index contributed by atoms with van der Waals surface area (Å²) in [4.78, 5) is 0. The smallest absolute Gasteiger partial charge is 0.0701 e. The largest absolute Gasteiger partial charge is 0.382 e. The van der Waals surface area contributed by atoms with E-state index in [-0.39, 0.29) is 0 Å². The summed E-state index contributed by atoms with van der Waals surface area (Å²) in [5.41, 5.74) is 5.33. The number of hydrogen-bond donors (Lipinski definition) is 1. The molecule has 0 saturated carbocycles. The number of ether oxygens (including phenoxy) is 14. The Balaban J connectivity index is 3.03. The lowest BCUT2D eigenvalue weighted by atomic mass is 10.6. The third kappa shape index (κ3) is 41.4.